The van der Waals surface area contributed by atoms with E-state index in [0.29, 0.717) is 6.04 Å². The molecule has 0 radical (unpaired) electrons. The summed E-state index contributed by atoms with van der Waals surface area (Å²) >= 11 is 0. The molecular weight excluding hydrogens is 234 g/mol. The summed E-state index contributed by atoms with van der Waals surface area (Å²) in [6, 6.07) is 3.24. The van der Waals surface area contributed by atoms with E-state index in [0.717, 1.165) is 18.1 Å². The minimum atomic E-state index is 0.689. The van der Waals surface area contributed by atoms with Crippen molar-refractivity contribution in [1.82, 2.24) is 15.1 Å². The van der Waals surface area contributed by atoms with Crippen LogP contribution in [0.25, 0.3) is 0 Å². The maximum absolute atomic E-state index is 3.78. The first-order chi connectivity index (χ1) is 9.26. The van der Waals surface area contributed by atoms with Gasteiger partial charge in [0.1, 0.15) is 0 Å². The zero-order chi connectivity index (χ0) is 13.2. The van der Waals surface area contributed by atoms with Gasteiger partial charge in [0.15, 0.2) is 0 Å². The molecule has 0 aromatic heterocycles. The van der Waals surface area contributed by atoms with Gasteiger partial charge in [-0.1, -0.05) is 6.92 Å². The Bertz CT molecular complexity index is 290. The molecule has 0 amide bonds. The molecule has 1 aliphatic carbocycles. The van der Waals surface area contributed by atoms with Crippen molar-refractivity contribution in [3.8, 4) is 0 Å². The molecule has 19 heavy (non-hydrogen) atoms. The largest absolute Gasteiger partial charge is 0.311 e. The highest BCUT2D eigenvalue weighted by Gasteiger charge is 2.36. The molecule has 0 aromatic carbocycles. The molecular formula is C16H31N3. The molecule has 0 spiro atoms. The lowest BCUT2D eigenvalue weighted by Crippen LogP contribution is -2.47. The van der Waals surface area contributed by atoms with Crippen LogP contribution in [0.1, 0.15) is 52.4 Å². The van der Waals surface area contributed by atoms with Crippen molar-refractivity contribution in [1.29, 1.82) is 0 Å². The van der Waals surface area contributed by atoms with E-state index in [2.05, 4.69) is 29.0 Å². The van der Waals surface area contributed by atoms with Crippen LogP contribution in [0.4, 0.5) is 0 Å². The average Bonchev–Trinajstić information content (AvgIpc) is 3.13. The van der Waals surface area contributed by atoms with Gasteiger partial charge in [0.25, 0.3) is 0 Å². The number of hydrogen-bond donors (Lipinski definition) is 1. The van der Waals surface area contributed by atoms with E-state index in [1.807, 2.05) is 0 Å². The highest BCUT2D eigenvalue weighted by molar-refractivity contribution is 4.93. The molecule has 3 atom stereocenters. The van der Waals surface area contributed by atoms with E-state index in [9.17, 15) is 0 Å². The number of nitrogens with one attached hydrogen (secondary N) is 1. The van der Waals surface area contributed by atoms with Gasteiger partial charge in [0, 0.05) is 37.3 Å². The van der Waals surface area contributed by atoms with Crippen LogP contribution in [0.2, 0.25) is 0 Å². The maximum atomic E-state index is 3.78. The van der Waals surface area contributed by atoms with E-state index >= 15 is 0 Å². The fourth-order valence-electron chi connectivity index (χ4n) is 3.89. The topological polar surface area (TPSA) is 18.5 Å². The van der Waals surface area contributed by atoms with Gasteiger partial charge in [-0.15, -0.1) is 0 Å². The standard InChI is InChI=1S/C16H31N3/c1-3-14-7-10-18(9-6-13(2)17-14)16-8-11-19(12-16)15-4-5-15/h13-17H,3-12H2,1-2H3. The number of likely N-dealkylation sites (tertiary alicyclic amines) is 1. The van der Waals surface area contributed by atoms with Crippen molar-refractivity contribution >= 4 is 0 Å². The molecule has 3 heteroatoms. The number of rotatable bonds is 3. The van der Waals surface area contributed by atoms with Crippen LogP contribution < -0.4 is 5.32 Å². The second-order valence-corrected chi connectivity index (χ2v) is 6.95. The lowest BCUT2D eigenvalue weighted by molar-refractivity contribution is 0.156. The Morgan fingerprint density at radius 1 is 0.895 bits per heavy atom. The van der Waals surface area contributed by atoms with Crippen molar-refractivity contribution < 1.29 is 0 Å². The van der Waals surface area contributed by atoms with Crippen molar-refractivity contribution in [3.05, 3.63) is 0 Å². The summed E-state index contributed by atoms with van der Waals surface area (Å²) in [5.74, 6) is 0. The molecule has 0 bridgehead atoms. The smallest absolute Gasteiger partial charge is 0.0235 e. The van der Waals surface area contributed by atoms with Crippen LogP contribution in [-0.2, 0) is 0 Å². The molecule has 2 saturated heterocycles. The van der Waals surface area contributed by atoms with Gasteiger partial charge >= 0.3 is 0 Å². The van der Waals surface area contributed by atoms with Crippen molar-refractivity contribution in [2.45, 2.75) is 76.5 Å². The first-order valence-corrected chi connectivity index (χ1v) is 8.50. The van der Waals surface area contributed by atoms with E-state index in [1.54, 1.807) is 0 Å². The van der Waals surface area contributed by atoms with Gasteiger partial charge in [-0.25, -0.2) is 0 Å². The van der Waals surface area contributed by atoms with Gasteiger partial charge in [-0.05, 0) is 58.5 Å². The number of nitrogens with zero attached hydrogens (tertiary/aromatic N) is 2. The lowest BCUT2D eigenvalue weighted by atomic mass is 10.0. The van der Waals surface area contributed by atoms with Crippen LogP contribution in [0, 0.1) is 0 Å². The second kappa shape index (κ2) is 6.11. The SMILES string of the molecule is CCC1CCN(C2CCN(C3CC3)C2)CCC(C)N1. The minimum Gasteiger partial charge on any atom is -0.311 e. The second-order valence-electron chi connectivity index (χ2n) is 6.95. The van der Waals surface area contributed by atoms with Crippen molar-refractivity contribution in [3.63, 3.8) is 0 Å². The zero-order valence-corrected chi connectivity index (χ0v) is 12.8. The van der Waals surface area contributed by atoms with Gasteiger partial charge in [0.2, 0.25) is 0 Å². The first-order valence-electron chi connectivity index (χ1n) is 8.50. The average molecular weight is 265 g/mol. The highest BCUT2D eigenvalue weighted by Crippen LogP contribution is 2.31. The van der Waals surface area contributed by atoms with Crippen LogP contribution in [0.5, 0.6) is 0 Å². The van der Waals surface area contributed by atoms with Crippen LogP contribution in [0.3, 0.4) is 0 Å². The third kappa shape index (κ3) is 3.50. The Hall–Kier alpha value is -0.120. The highest BCUT2D eigenvalue weighted by atomic mass is 15.3. The summed E-state index contributed by atoms with van der Waals surface area (Å²) in [6.45, 7) is 9.99. The quantitative estimate of drug-likeness (QED) is 0.843. The first kappa shape index (κ1) is 13.8. The fraction of sp³-hybridized carbons (Fsp3) is 1.00. The zero-order valence-electron chi connectivity index (χ0n) is 12.8. The van der Waals surface area contributed by atoms with E-state index in [4.69, 9.17) is 0 Å². The molecule has 2 heterocycles. The van der Waals surface area contributed by atoms with Gasteiger partial charge in [-0.3, -0.25) is 9.80 Å². The molecule has 1 N–H and O–H groups in total. The summed E-state index contributed by atoms with van der Waals surface area (Å²) < 4.78 is 0. The van der Waals surface area contributed by atoms with Gasteiger partial charge < -0.3 is 5.32 Å². The molecule has 3 aliphatic rings. The summed E-state index contributed by atoms with van der Waals surface area (Å²) in [7, 11) is 0. The molecule has 3 nitrogen and oxygen atoms in total. The Balaban J connectivity index is 1.54. The Morgan fingerprint density at radius 3 is 2.37 bits per heavy atom. The van der Waals surface area contributed by atoms with E-state index in [1.165, 1.54) is 64.7 Å². The summed E-state index contributed by atoms with van der Waals surface area (Å²) in [5, 5.41) is 3.78. The third-order valence-electron chi connectivity index (χ3n) is 5.40. The minimum absolute atomic E-state index is 0.689. The monoisotopic (exact) mass is 265 g/mol. The third-order valence-corrected chi connectivity index (χ3v) is 5.40. The molecule has 110 valence electrons. The van der Waals surface area contributed by atoms with Crippen molar-refractivity contribution in [2.75, 3.05) is 26.2 Å². The molecule has 3 rings (SSSR count). The predicted octanol–water partition coefficient (Wildman–Crippen LogP) is 2.08. The normalized spacial score (nSPS) is 39.2. The van der Waals surface area contributed by atoms with Crippen LogP contribution in [0.15, 0.2) is 0 Å². The molecule has 2 aliphatic heterocycles. The van der Waals surface area contributed by atoms with E-state index < -0.39 is 0 Å². The predicted molar refractivity (Wildman–Crippen MR) is 80.5 cm³/mol. The van der Waals surface area contributed by atoms with Gasteiger partial charge in [0.05, 0.1) is 0 Å². The summed E-state index contributed by atoms with van der Waals surface area (Å²) in [6.07, 6.45) is 8.26. The Kier molecular flexibility index (Phi) is 4.45. The molecule has 3 fully saturated rings. The number of hydrogen-bond acceptors (Lipinski definition) is 3. The summed E-state index contributed by atoms with van der Waals surface area (Å²) in [4.78, 5) is 5.56. The lowest BCUT2D eigenvalue weighted by Gasteiger charge is -2.35. The van der Waals surface area contributed by atoms with Crippen LogP contribution in [-0.4, -0.2) is 60.1 Å². The maximum Gasteiger partial charge on any atom is 0.0235 e. The molecule has 1 saturated carbocycles. The van der Waals surface area contributed by atoms with E-state index in [-0.39, 0.29) is 0 Å². The van der Waals surface area contributed by atoms with Crippen LogP contribution >= 0.6 is 0 Å². The molecule has 0 aromatic rings. The Labute approximate surface area is 118 Å². The fourth-order valence-corrected chi connectivity index (χ4v) is 3.89. The summed E-state index contributed by atoms with van der Waals surface area (Å²) in [5.41, 5.74) is 0. The van der Waals surface area contributed by atoms with Gasteiger partial charge in [-0.2, -0.15) is 0 Å². The molecule has 3 unspecified atom stereocenters. The van der Waals surface area contributed by atoms with Crippen molar-refractivity contribution in [2.24, 2.45) is 0 Å². The Morgan fingerprint density at radius 2 is 1.63 bits per heavy atom.